The van der Waals surface area contributed by atoms with Crippen molar-refractivity contribution in [1.82, 2.24) is 4.90 Å². The molecule has 1 aliphatic carbocycles. The van der Waals surface area contributed by atoms with E-state index in [0.29, 0.717) is 24.3 Å². The van der Waals surface area contributed by atoms with Crippen LogP contribution in [0.3, 0.4) is 0 Å². The Balaban J connectivity index is 1.58. The molecule has 1 heterocycles. The lowest BCUT2D eigenvalue weighted by atomic mass is 9.85. The Bertz CT molecular complexity index is 672. The van der Waals surface area contributed by atoms with Crippen molar-refractivity contribution in [1.29, 1.82) is 0 Å². The highest BCUT2D eigenvalue weighted by Gasteiger charge is 2.46. The first-order valence-corrected chi connectivity index (χ1v) is 8.05. The van der Waals surface area contributed by atoms with Gasteiger partial charge in [-0.2, -0.15) is 0 Å². The van der Waals surface area contributed by atoms with E-state index in [0.717, 1.165) is 0 Å². The number of hydrogen-bond donors (Lipinski definition) is 1. The first kappa shape index (κ1) is 16.2. The van der Waals surface area contributed by atoms with Gasteiger partial charge in [0.05, 0.1) is 24.6 Å². The van der Waals surface area contributed by atoms with E-state index in [-0.39, 0.29) is 42.5 Å². The second-order valence-corrected chi connectivity index (χ2v) is 5.98. The highest BCUT2D eigenvalue weighted by atomic mass is 16.5. The highest BCUT2D eigenvalue weighted by Crippen LogP contribution is 2.35. The first-order valence-electron chi connectivity index (χ1n) is 8.05. The third-order valence-electron chi connectivity index (χ3n) is 4.54. The molecule has 0 aromatic heterocycles. The molecule has 3 rings (SSSR count). The van der Waals surface area contributed by atoms with E-state index < -0.39 is 0 Å². The number of anilines is 1. The Labute approximate surface area is 140 Å². The zero-order valence-electron chi connectivity index (χ0n) is 13.5. The molecule has 0 unspecified atom stereocenters. The smallest absolute Gasteiger partial charge is 0.233 e. The van der Waals surface area contributed by atoms with Gasteiger partial charge in [-0.15, -0.1) is 0 Å². The number of methoxy groups -OCH3 is 1. The van der Waals surface area contributed by atoms with Crippen LogP contribution in [0.1, 0.15) is 19.3 Å². The minimum atomic E-state index is -0.256. The van der Waals surface area contributed by atoms with Crippen molar-refractivity contribution >= 4 is 23.4 Å². The van der Waals surface area contributed by atoms with Gasteiger partial charge in [-0.3, -0.25) is 19.3 Å². The van der Waals surface area contributed by atoms with Crippen LogP contribution in [0.2, 0.25) is 0 Å². The number of carbonyl (C=O) groups is 3. The summed E-state index contributed by atoms with van der Waals surface area (Å²) in [5.74, 6) is -0.497. The van der Waals surface area contributed by atoms with Gasteiger partial charge in [0.25, 0.3) is 0 Å². The van der Waals surface area contributed by atoms with Crippen molar-refractivity contribution in [3.05, 3.63) is 36.4 Å². The van der Waals surface area contributed by atoms with Gasteiger partial charge in [0.1, 0.15) is 5.75 Å². The van der Waals surface area contributed by atoms with Crippen LogP contribution in [0.4, 0.5) is 5.69 Å². The zero-order chi connectivity index (χ0) is 17.1. The standard InChI is InChI=1S/C18H20N2O4/c1-24-15-9-5-4-8-14(15)19-16(21)10-11-20-17(22)12-6-2-3-7-13(12)18(20)23/h2-5,8-9,12-13H,6-7,10-11H2,1H3,(H,19,21)/t12-,13-/m0/s1. The van der Waals surface area contributed by atoms with Crippen molar-refractivity contribution in [2.24, 2.45) is 11.8 Å². The molecule has 2 atom stereocenters. The minimum Gasteiger partial charge on any atom is -0.495 e. The molecular weight excluding hydrogens is 308 g/mol. The van der Waals surface area contributed by atoms with Crippen LogP contribution in [0.15, 0.2) is 36.4 Å². The van der Waals surface area contributed by atoms with Crippen LogP contribution in [0.25, 0.3) is 0 Å². The Morgan fingerprint density at radius 3 is 2.42 bits per heavy atom. The molecule has 1 N–H and O–H groups in total. The maximum absolute atomic E-state index is 12.3. The molecule has 0 saturated carbocycles. The van der Waals surface area contributed by atoms with Crippen LogP contribution >= 0.6 is 0 Å². The van der Waals surface area contributed by atoms with E-state index in [1.165, 1.54) is 12.0 Å². The molecular formula is C18H20N2O4. The average molecular weight is 328 g/mol. The van der Waals surface area contributed by atoms with E-state index in [1.807, 2.05) is 18.2 Å². The number of amides is 3. The third kappa shape index (κ3) is 3.04. The summed E-state index contributed by atoms with van der Waals surface area (Å²) in [4.78, 5) is 38.1. The lowest BCUT2D eigenvalue weighted by molar-refractivity contribution is -0.140. The van der Waals surface area contributed by atoms with E-state index in [2.05, 4.69) is 5.32 Å². The van der Waals surface area contributed by atoms with Gasteiger partial charge in [-0.25, -0.2) is 0 Å². The van der Waals surface area contributed by atoms with Gasteiger partial charge in [-0.05, 0) is 25.0 Å². The molecule has 126 valence electrons. The summed E-state index contributed by atoms with van der Waals surface area (Å²) in [6.07, 6.45) is 5.19. The number of para-hydroxylation sites is 2. The summed E-state index contributed by atoms with van der Waals surface area (Å²) in [5.41, 5.74) is 0.571. The molecule has 1 aliphatic heterocycles. The van der Waals surface area contributed by atoms with Gasteiger partial charge in [-0.1, -0.05) is 24.3 Å². The fourth-order valence-electron chi connectivity index (χ4n) is 3.26. The largest absolute Gasteiger partial charge is 0.495 e. The van der Waals surface area contributed by atoms with E-state index >= 15 is 0 Å². The van der Waals surface area contributed by atoms with Crippen LogP contribution in [-0.2, 0) is 14.4 Å². The Hall–Kier alpha value is -2.63. The van der Waals surface area contributed by atoms with E-state index in [9.17, 15) is 14.4 Å². The molecule has 24 heavy (non-hydrogen) atoms. The first-order chi connectivity index (χ1) is 11.6. The Morgan fingerprint density at radius 2 is 1.79 bits per heavy atom. The van der Waals surface area contributed by atoms with Gasteiger partial charge >= 0.3 is 0 Å². The number of nitrogens with one attached hydrogen (secondary N) is 1. The van der Waals surface area contributed by atoms with E-state index in [4.69, 9.17) is 4.74 Å². The third-order valence-corrected chi connectivity index (χ3v) is 4.54. The molecule has 1 aromatic carbocycles. The molecule has 0 spiro atoms. The number of fused-ring (bicyclic) bond motifs is 1. The Morgan fingerprint density at radius 1 is 1.17 bits per heavy atom. The molecule has 1 fully saturated rings. The highest BCUT2D eigenvalue weighted by molar-refractivity contribution is 6.05. The molecule has 1 saturated heterocycles. The lowest BCUT2D eigenvalue weighted by Gasteiger charge is -2.15. The number of nitrogens with zero attached hydrogens (tertiary/aromatic N) is 1. The van der Waals surface area contributed by atoms with Crippen molar-refractivity contribution in [2.75, 3.05) is 19.0 Å². The number of ether oxygens (including phenoxy) is 1. The number of imide groups is 1. The lowest BCUT2D eigenvalue weighted by Crippen LogP contribution is -2.34. The van der Waals surface area contributed by atoms with Crippen molar-refractivity contribution in [3.63, 3.8) is 0 Å². The van der Waals surface area contributed by atoms with Crippen molar-refractivity contribution in [3.8, 4) is 5.75 Å². The predicted octanol–water partition coefficient (Wildman–Crippen LogP) is 1.97. The van der Waals surface area contributed by atoms with Crippen LogP contribution in [-0.4, -0.2) is 36.3 Å². The average Bonchev–Trinajstić information content (AvgIpc) is 2.85. The predicted molar refractivity (Wildman–Crippen MR) is 88.3 cm³/mol. The van der Waals surface area contributed by atoms with E-state index in [1.54, 1.807) is 18.2 Å². The number of benzene rings is 1. The SMILES string of the molecule is COc1ccccc1NC(=O)CCN1C(=O)[C@H]2CC=CC[C@@H]2C1=O. The van der Waals surface area contributed by atoms with Crippen LogP contribution < -0.4 is 10.1 Å². The summed E-state index contributed by atoms with van der Waals surface area (Å²) in [6.45, 7) is 0.117. The monoisotopic (exact) mass is 328 g/mol. The summed E-state index contributed by atoms with van der Waals surface area (Å²) in [7, 11) is 1.53. The van der Waals surface area contributed by atoms with Gasteiger partial charge < -0.3 is 10.1 Å². The molecule has 6 heteroatoms. The minimum absolute atomic E-state index is 0.0718. The molecule has 6 nitrogen and oxygen atoms in total. The van der Waals surface area contributed by atoms with Crippen LogP contribution in [0, 0.1) is 11.8 Å². The summed E-state index contributed by atoms with van der Waals surface area (Å²) < 4.78 is 5.18. The Kier molecular flexibility index (Phi) is 4.64. The number of carbonyl (C=O) groups excluding carboxylic acids is 3. The normalized spacial score (nSPS) is 22.5. The fourth-order valence-corrected chi connectivity index (χ4v) is 3.26. The topological polar surface area (TPSA) is 75.7 Å². The van der Waals surface area contributed by atoms with Gasteiger partial charge in [0, 0.05) is 13.0 Å². The molecule has 0 radical (unpaired) electrons. The van der Waals surface area contributed by atoms with Gasteiger partial charge in [0.15, 0.2) is 0 Å². The number of allylic oxidation sites excluding steroid dienone is 2. The fraction of sp³-hybridized carbons (Fsp3) is 0.389. The molecule has 0 bridgehead atoms. The summed E-state index contributed by atoms with van der Waals surface area (Å²) in [5, 5.41) is 2.75. The quantitative estimate of drug-likeness (QED) is 0.662. The maximum Gasteiger partial charge on any atom is 0.233 e. The number of rotatable bonds is 5. The molecule has 2 aliphatic rings. The number of hydrogen-bond acceptors (Lipinski definition) is 4. The molecule has 1 aromatic rings. The summed E-state index contributed by atoms with van der Waals surface area (Å²) in [6, 6.07) is 7.10. The molecule has 3 amide bonds. The van der Waals surface area contributed by atoms with Crippen molar-refractivity contribution in [2.45, 2.75) is 19.3 Å². The van der Waals surface area contributed by atoms with Crippen LogP contribution in [0.5, 0.6) is 5.75 Å². The maximum atomic E-state index is 12.3. The summed E-state index contributed by atoms with van der Waals surface area (Å²) >= 11 is 0. The second kappa shape index (κ2) is 6.86. The van der Waals surface area contributed by atoms with Crippen molar-refractivity contribution < 1.29 is 19.1 Å². The second-order valence-electron chi connectivity index (χ2n) is 5.98. The number of likely N-dealkylation sites (tertiary alicyclic amines) is 1. The van der Waals surface area contributed by atoms with Gasteiger partial charge in [0.2, 0.25) is 17.7 Å². The zero-order valence-corrected chi connectivity index (χ0v) is 13.5.